The summed E-state index contributed by atoms with van der Waals surface area (Å²) in [7, 11) is 0. The second-order valence-corrected chi connectivity index (χ2v) is 7.57. The molecule has 0 saturated heterocycles. The minimum absolute atomic E-state index is 0.226. The standard InChI is InChI=1S/C22H21BrO4/c1-4-26-20(24)19-13-18(15-7-11-17(23)12-8-15)22(3,21(25)27-19)16-9-5-14(2)6-10-16/h5-13,19H,4H2,1-3H3/t19-,22-/m0/s1. The fourth-order valence-electron chi connectivity index (χ4n) is 3.21. The molecular formula is C22H21BrO4. The van der Waals surface area contributed by atoms with Gasteiger partial charge in [-0.1, -0.05) is 57.9 Å². The summed E-state index contributed by atoms with van der Waals surface area (Å²) < 4.78 is 11.5. The lowest BCUT2D eigenvalue weighted by Gasteiger charge is -2.36. The number of hydrogen-bond donors (Lipinski definition) is 0. The van der Waals surface area contributed by atoms with Gasteiger partial charge in [0, 0.05) is 4.47 Å². The van der Waals surface area contributed by atoms with Crippen molar-refractivity contribution in [2.75, 3.05) is 6.61 Å². The summed E-state index contributed by atoms with van der Waals surface area (Å²) in [5, 5.41) is 0. The molecule has 0 fully saturated rings. The lowest BCUT2D eigenvalue weighted by Crippen LogP contribution is -2.44. The van der Waals surface area contributed by atoms with Gasteiger partial charge in [0.2, 0.25) is 6.10 Å². The summed E-state index contributed by atoms with van der Waals surface area (Å²) in [6.07, 6.45) is 0.650. The van der Waals surface area contributed by atoms with Crippen molar-refractivity contribution in [3.05, 3.63) is 75.8 Å². The van der Waals surface area contributed by atoms with Gasteiger partial charge in [-0.3, -0.25) is 4.79 Å². The van der Waals surface area contributed by atoms with E-state index in [4.69, 9.17) is 9.47 Å². The van der Waals surface area contributed by atoms with Gasteiger partial charge < -0.3 is 9.47 Å². The molecule has 5 heteroatoms. The number of halogens is 1. The maximum Gasteiger partial charge on any atom is 0.351 e. The number of hydrogen-bond acceptors (Lipinski definition) is 4. The summed E-state index contributed by atoms with van der Waals surface area (Å²) in [6.45, 7) is 5.77. The maximum atomic E-state index is 13.1. The monoisotopic (exact) mass is 428 g/mol. The Kier molecular flexibility index (Phi) is 5.51. The Morgan fingerprint density at radius 1 is 1.15 bits per heavy atom. The number of ether oxygens (including phenoxy) is 2. The van der Waals surface area contributed by atoms with Gasteiger partial charge in [0.15, 0.2) is 0 Å². The molecule has 2 atom stereocenters. The van der Waals surface area contributed by atoms with Crippen LogP contribution in [-0.2, 0) is 24.5 Å². The molecule has 4 nitrogen and oxygen atoms in total. The number of rotatable bonds is 4. The molecule has 0 aromatic heterocycles. The molecule has 1 heterocycles. The topological polar surface area (TPSA) is 52.6 Å². The summed E-state index contributed by atoms with van der Waals surface area (Å²) >= 11 is 3.43. The third-order valence-electron chi connectivity index (χ3n) is 4.80. The van der Waals surface area contributed by atoms with E-state index in [0.717, 1.165) is 26.7 Å². The molecule has 2 aromatic carbocycles. The minimum atomic E-state index is -1.05. The van der Waals surface area contributed by atoms with Crippen LogP contribution in [0.4, 0.5) is 0 Å². The molecule has 0 N–H and O–H groups in total. The van der Waals surface area contributed by atoms with Crippen molar-refractivity contribution in [1.29, 1.82) is 0 Å². The van der Waals surface area contributed by atoms with E-state index in [9.17, 15) is 9.59 Å². The Labute approximate surface area is 167 Å². The van der Waals surface area contributed by atoms with Gasteiger partial charge in [-0.25, -0.2) is 4.79 Å². The minimum Gasteiger partial charge on any atom is -0.463 e. The summed E-state index contributed by atoms with van der Waals surface area (Å²) in [5.74, 6) is -1.03. The van der Waals surface area contributed by atoms with E-state index < -0.39 is 23.5 Å². The van der Waals surface area contributed by atoms with Crippen molar-refractivity contribution in [3.63, 3.8) is 0 Å². The molecule has 140 valence electrons. The predicted molar refractivity (Wildman–Crippen MR) is 107 cm³/mol. The quantitative estimate of drug-likeness (QED) is 0.668. The van der Waals surface area contributed by atoms with Gasteiger partial charge in [0.05, 0.1) is 6.61 Å². The lowest BCUT2D eigenvalue weighted by molar-refractivity contribution is -0.167. The molecule has 2 aromatic rings. The molecule has 0 saturated carbocycles. The largest absolute Gasteiger partial charge is 0.463 e. The van der Waals surface area contributed by atoms with Crippen LogP contribution in [0.3, 0.4) is 0 Å². The summed E-state index contributed by atoms with van der Waals surface area (Å²) in [5.41, 5.74) is 2.48. The van der Waals surface area contributed by atoms with Crippen molar-refractivity contribution < 1.29 is 19.1 Å². The zero-order valence-electron chi connectivity index (χ0n) is 15.5. The number of esters is 2. The molecule has 0 spiro atoms. The van der Waals surface area contributed by atoms with E-state index in [2.05, 4.69) is 15.9 Å². The molecule has 0 bridgehead atoms. The van der Waals surface area contributed by atoms with Crippen molar-refractivity contribution in [2.45, 2.75) is 32.3 Å². The van der Waals surface area contributed by atoms with E-state index in [1.807, 2.05) is 62.4 Å². The van der Waals surface area contributed by atoms with Crippen LogP contribution in [0.15, 0.2) is 59.1 Å². The molecule has 0 radical (unpaired) electrons. The van der Waals surface area contributed by atoms with Crippen molar-refractivity contribution >= 4 is 33.4 Å². The highest BCUT2D eigenvalue weighted by Crippen LogP contribution is 2.43. The van der Waals surface area contributed by atoms with Gasteiger partial charge in [0.1, 0.15) is 5.41 Å². The average Bonchev–Trinajstić information content (AvgIpc) is 2.65. The molecule has 27 heavy (non-hydrogen) atoms. The second-order valence-electron chi connectivity index (χ2n) is 6.66. The Morgan fingerprint density at radius 2 is 1.78 bits per heavy atom. The first kappa shape index (κ1) is 19.4. The summed E-state index contributed by atoms with van der Waals surface area (Å²) in [4.78, 5) is 25.3. The van der Waals surface area contributed by atoms with Gasteiger partial charge in [0.25, 0.3) is 0 Å². The predicted octanol–water partition coefficient (Wildman–Crippen LogP) is 4.59. The van der Waals surface area contributed by atoms with Gasteiger partial charge >= 0.3 is 11.9 Å². The van der Waals surface area contributed by atoms with Crippen LogP contribution in [0.1, 0.15) is 30.5 Å². The molecule has 0 amide bonds. The second kappa shape index (κ2) is 7.69. The fraction of sp³-hybridized carbons (Fsp3) is 0.273. The Hall–Kier alpha value is -2.40. The number of benzene rings is 2. The number of carbonyl (C=O) groups excluding carboxylic acids is 2. The van der Waals surface area contributed by atoms with E-state index >= 15 is 0 Å². The smallest absolute Gasteiger partial charge is 0.351 e. The lowest BCUT2D eigenvalue weighted by atomic mass is 9.71. The fourth-order valence-corrected chi connectivity index (χ4v) is 3.47. The molecular weight excluding hydrogens is 408 g/mol. The van der Waals surface area contributed by atoms with E-state index in [1.54, 1.807) is 13.0 Å². The third kappa shape index (κ3) is 3.69. The van der Waals surface area contributed by atoms with Crippen LogP contribution in [0.5, 0.6) is 0 Å². The number of aryl methyl sites for hydroxylation is 1. The Bertz CT molecular complexity index is 884. The van der Waals surface area contributed by atoms with Crippen LogP contribution in [0.25, 0.3) is 5.57 Å². The van der Waals surface area contributed by atoms with Crippen molar-refractivity contribution in [3.8, 4) is 0 Å². The van der Waals surface area contributed by atoms with Gasteiger partial charge in [-0.2, -0.15) is 0 Å². The first-order chi connectivity index (χ1) is 12.9. The molecule has 3 rings (SSSR count). The van der Waals surface area contributed by atoms with Crippen molar-refractivity contribution in [1.82, 2.24) is 0 Å². The van der Waals surface area contributed by atoms with E-state index in [0.29, 0.717) is 0 Å². The van der Waals surface area contributed by atoms with Crippen LogP contribution in [0, 0.1) is 6.92 Å². The highest BCUT2D eigenvalue weighted by Gasteiger charge is 2.47. The maximum absolute atomic E-state index is 13.1. The highest BCUT2D eigenvalue weighted by atomic mass is 79.9. The van der Waals surface area contributed by atoms with E-state index in [1.165, 1.54) is 0 Å². The summed E-state index contributed by atoms with van der Waals surface area (Å²) in [6, 6.07) is 15.4. The molecule has 1 aliphatic heterocycles. The average molecular weight is 429 g/mol. The third-order valence-corrected chi connectivity index (χ3v) is 5.33. The van der Waals surface area contributed by atoms with Gasteiger partial charge in [-0.15, -0.1) is 0 Å². The molecule has 0 aliphatic carbocycles. The number of cyclic esters (lactones) is 1. The molecule has 0 unspecified atom stereocenters. The van der Waals surface area contributed by atoms with Crippen LogP contribution in [0.2, 0.25) is 0 Å². The normalized spacial score (nSPS) is 22.0. The zero-order valence-corrected chi connectivity index (χ0v) is 17.1. The zero-order chi connectivity index (χ0) is 19.6. The van der Waals surface area contributed by atoms with Crippen LogP contribution in [-0.4, -0.2) is 24.6 Å². The van der Waals surface area contributed by atoms with Crippen LogP contribution >= 0.6 is 15.9 Å². The number of carbonyl (C=O) groups is 2. The van der Waals surface area contributed by atoms with Gasteiger partial charge in [-0.05, 0) is 55.7 Å². The van der Waals surface area contributed by atoms with Crippen LogP contribution < -0.4 is 0 Å². The van der Waals surface area contributed by atoms with Crippen molar-refractivity contribution in [2.24, 2.45) is 0 Å². The Balaban J connectivity index is 2.16. The Morgan fingerprint density at radius 3 is 2.37 bits per heavy atom. The highest BCUT2D eigenvalue weighted by molar-refractivity contribution is 9.10. The first-order valence-corrected chi connectivity index (χ1v) is 9.58. The first-order valence-electron chi connectivity index (χ1n) is 8.79. The van der Waals surface area contributed by atoms with E-state index in [-0.39, 0.29) is 6.61 Å². The SMILES string of the molecule is CCOC(=O)[C@@H]1C=C(c2ccc(Br)cc2)[C@](C)(c2ccc(C)cc2)C(=O)O1. The molecule has 1 aliphatic rings.